The zero-order valence-electron chi connectivity index (χ0n) is 17.0. The third-order valence-corrected chi connectivity index (χ3v) is 5.37. The lowest BCUT2D eigenvalue weighted by Gasteiger charge is -2.43. The van der Waals surface area contributed by atoms with Gasteiger partial charge in [0.2, 0.25) is 5.72 Å². The van der Waals surface area contributed by atoms with Crippen LogP contribution in [0.2, 0.25) is 0 Å². The largest absolute Gasteiger partial charge is 0.394 e. The molecule has 0 spiro atoms. The van der Waals surface area contributed by atoms with E-state index >= 15 is 0 Å². The highest BCUT2D eigenvalue weighted by Gasteiger charge is 2.71. The summed E-state index contributed by atoms with van der Waals surface area (Å²) in [5, 5.41) is 52.2. The van der Waals surface area contributed by atoms with E-state index in [0.717, 1.165) is 19.0 Å². The highest BCUT2D eigenvalue weighted by Crippen LogP contribution is 2.44. The first-order chi connectivity index (χ1) is 14.1. The fraction of sp³-hybridized carbons (Fsp3) is 0.778. The molecule has 1 aliphatic heterocycles. The lowest BCUT2D eigenvalue weighted by molar-refractivity contribution is -0.428. The van der Waals surface area contributed by atoms with Gasteiger partial charge in [0.15, 0.2) is 6.30 Å². The SMILES string of the molecule is CCCCCCC(F)N(O)[C@@]1(O)[C@H](O)[C@@H](CO)O[C@]1(O)n1cc(CC)c(=O)[nH]c1=O. The number of halogens is 1. The number of hydroxylamine groups is 2. The van der Waals surface area contributed by atoms with E-state index in [1.807, 2.05) is 11.9 Å². The lowest BCUT2D eigenvalue weighted by Crippen LogP contribution is -2.69. The number of H-pyrrole nitrogens is 1. The second-order valence-corrected chi connectivity index (χ2v) is 7.38. The van der Waals surface area contributed by atoms with Gasteiger partial charge in [0.1, 0.15) is 12.2 Å². The summed E-state index contributed by atoms with van der Waals surface area (Å²) in [4.78, 5) is 26.1. The van der Waals surface area contributed by atoms with Gasteiger partial charge < -0.3 is 30.4 Å². The molecule has 0 bridgehead atoms. The monoisotopic (exact) mass is 435 g/mol. The van der Waals surface area contributed by atoms with Crippen LogP contribution in [-0.4, -0.2) is 71.1 Å². The molecule has 5 atom stereocenters. The van der Waals surface area contributed by atoms with Crippen molar-refractivity contribution in [3.05, 3.63) is 32.6 Å². The van der Waals surface area contributed by atoms with Gasteiger partial charge in [0, 0.05) is 11.8 Å². The molecule has 6 N–H and O–H groups in total. The summed E-state index contributed by atoms with van der Waals surface area (Å²) in [6.07, 6.45) is -2.64. The zero-order valence-corrected chi connectivity index (χ0v) is 17.0. The second kappa shape index (κ2) is 9.64. The maximum absolute atomic E-state index is 14.7. The molecule has 0 amide bonds. The van der Waals surface area contributed by atoms with Gasteiger partial charge in [-0.3, -0.25) is 9.78 Å². The maximum atomic E-state index is 14.7. The number of hydrogen-bond donors (Lipinski definition) is 6. The van der Waals surface area contributed by atoms with E-state index in [1.54, 1.807) is 6.92 Å². The van der Waals surface area contributed by atoms with Gasteiger partial charge in [-0.15, -0.1) is 5.06 Å². The average Bonchev–Trinajstić information content (AvgIpc) is 2.92. The quantitative estimate of drug-likeness (QED) is 0.118. The number of hydrogen-bond acceptors (Lipinski definition) is 9. The van der Waals surface area contributed by atoms with Crippen molar-refractivity contribution in [2.24, 2.45) is 0 Å². The van der Waals surface area contributed by atoms with Crippen molar-refractivity contribution in [2.45, 2.75) is 82.5 Å². The van der Waals surface area contributed by atoms with E-state index in [4.69, 9.17) is 4.74 Å². The van der Waals surface area contributed by atoms with Crippen LogP contribution in [0.15, 0.2) is 15.8 Å². The van der Waals surface area contributed by atoms with Crippen molar-refractivity contribution < 1.29 is 34.8 Å². The molecule has 11 nitrogen and oxygen atoms in total. The third-order valence-electron chi connectivity index (χ3n) is 5.37. The first-order valence-electron chi connectivity index (χ1n) is 9.97. The van der Waals surface area contributed by atoms with Crippen molar-refractivity contribution in [1.29, 1.82) is 0 Å². The van der Waals surface area contributed by atoms with Crippen LogP contribution in [0.4, 0.5) is 4.39 Å². The van der Waals surface area contributed by atoms with Crippen LogP contribution in [-0.2, 0) is 17.1 Å². The number of aromatic nitrogens is 2. The normalized spacial score (nSPS) is 30.2. The van der Waals surface area contributed by atoms with Crippen LogP contribution in [0.1, 0.15) is 51.5 Å². The molecule has 0 saturated carbocycles. The van der Waals surface area contributed by atoms with Crippen LogP contribution in [0, 0.1) is 0 Å². The predicted octanol–water partition coefficient (Wildman–Crippen LogP) is -0.901. The summed E-state index contributed by atoms with van der Waals surface area (Å²) in [6, 6.07) is 0. The minimum Gasteiger partial charge on any atom is -0.394 e. The molecule has 0 aromatic carbocycles. The Morgan fingerprint density at radius 1 is 1.30 bits per heavy atom. The summed E-state index contributed by atoms with van der Waals surface area (Å²) in [6.45, 7) is 2.62. The van der Waals surface area contributed by atoms with E-state index in [1.165, 1.54) is 0 Å². The summed E-state index contributed by atoms with van der Waals surface area (Å²) >= 11 is 0. The van der Waals surface area contributed by atoms with Crippen molar-refractivity contribution in [1.82, 2.24) is 14.6 Å². The molecule has 1 aromatic heterocycles. The van der Waals surface area contributed by atoms with Gasteiger partial charge >= 0.3 is 11.6 Å². The first-order valence-corrected chi connectivity index (χ1v) is 9.97. The Morgan fingerprint density at radius 2 is 1.97 bits per heavy atom. The Bertz CT molecular complexity index is 832. The molecule has 0 radical (unpaired) electrons. The fourth-order valence-electron chi connectivity index (χ4n) is 3.53. The number of aryl methyl sites for hydroxylation is 1. The molecule has 1 aromatic rings. The van der Waals surface area contributed by atoms with E-state index in [2.05, 4.69) is 0 Å². The standard InChI is InChI=1S/C18H30FN3O8/c1-3-5-6-7-8-13(19)22(29)17(27)14(24)12(10-23)30-18(17,28)21-9-11(4-2)15(25)20-16(21)26/h9,12-14,23-24,27-29H,3-8,10H2,1-2H3,(H,20,25,26)/t12-,13?,14-,17-,18+/m1/s1. The van der Waals surface area contributed by atoms with E-state index in [-0.39, 0.29) is 23.5 Å². The molecular formula is C18H30FN3O8. The molecule has 2 rings (SSSR count). The smallest absolute Gasteiger partial charge is 0.332 e. The number of aliphatic hydroxyl groups excluding tert-OH is 2. The van der Waals surface area contributed by atoms with Crippen molar-refractivity contribution >= 4 is 0 Å². The summed E-state index contributed by atoms with van der Waals surface area (Å²) in [5.74, 6) is -3.23. The minimum absolute atomic E-state index is 0.0109. The number of unbranched alkanes of at least 4 members (excludes halogenated alkanes) is 3. The van der Waals surface area contributed by atoms with Gasteiger partial charge in [-0.2, -0.15) is 0 Å². The minimum atomic E-state index is -3.28. The van der Waals surface area contributed by atoms with Crippen LogP contribution < -0.4 is 11.2 Å². The van der Waals surface area contributed by atoms with Crippen LogP contribution in [0.25, 0.3) is 0 Å². The number of aliphatic hydroxyl groups is 4. The molecule has 12 heteroatoms. The topological polar surface area (TPSA) is 168 Å². The highest BCUT2D eigenvalue weighted by molar-refractivity contribution is 5.10. The lowest BCUT2D eigenvalue weighted by atomic mass is 10.00. The molecule has 1 aliphatic rings. The molecule has 0 aliphatic carbocycles. The van der Waals surface area contributed by atoms with Gasteiger partial charge in [-0.05, 0) is 19.3 Å². The molecule has 172 valence electrons. The summed E-state index contributed by atoms with van der Waals surface area (Å²) in [7, 11) is 0. The van der Waals surface area contributed by atoms with Gasteiger partial charge in [-0.25, -0.2) is 13.8 Å². The summed E-state index contributed by atoms with van der Waals surface area (Å²) in [5.41, 5.74) is -5.26. The fourth-order valence-corrected chi connectivity index (χ4v) is 3.53. The van der Waals surface area contributed by atoms with Crippen LogP contribution in [0.5, 0.6) is 0 Å². The van der Waals surface area contributed by atoms with Crippen LogP contribution in [0.3, 0.4) is 0 Å². The number of nitrogens with one attached hydrogen (secondary N) is 1. The Hall–Kier alpha value is -1.67. The molecular weight excluding hydrogens is 405 g/mol. The van der Waals surface area contributed by atoms with Crippen molar-refractivity contribution in [3.8, 4) is 0 Å². The van der Waals surface area contributed by atoms with Gasteiger partial charge in [0.05, 0.1) is 6.61 Å². The van der Waals surface area contributed by atoms with E-state index in [9.17, 15) is 39.6 Å². The zero-order chi connectivity index (χ0) is 22.7. The molecule has 2 heterocycles. The Kier molecular flexibility index (Phi) is 7.91. The maximum Gasteiger partial charge on any atom is 0.332 e. The molecule has 1 saturated heterocycles. The van der Waals surface area contributed by atoms with E-state index < -0.39 is 48.0 Å². The Morgan fingerprint density at radius 3 is 2.53 bits per heavy atom. The number of nitrogens with zero attached hydrogens (tertiary/aromatic N) is 2. The van der Waals surface area contributed by atoms with Crippen molar-refractivity contribution in [2.75, 3.05) is 6.61 Å². The van der Waals surface area contributed by atoms with Crippen LogP contribution >= 0.6 is 0 Å². The van der Waals surface area contributed by atoms with Gasteiger partial charge in [-0.1, -0.05) is 33.1 Å². The Labute approximate surface area is 171 Å². The third kappa shape index (κ3) is 4.08. The second-order valence-electron chi connectivity index (χ2n) is 7.38. The summed E-state index contributed by atoms with van der Waals surface area (Å²) < 4.78 is 20.2. The molecule has 30 heavy (non-hydrogen) atoms. The number of rotatable bonds is 10. The average molecular weight is 435 g/mol. The molecule has 1 unspecified atom stereocenters. The molecule has 1 fully saturated rings. The van der Waals surface area contributed by atoms with Crippen molar-refractivity contribution in [3.63, 3.8) is 0 Å². The predicted molar refractivity (Wildman–Crippen MR) is 101 cm³/mol. The first kappa shape index (κ1) is 24.6. The highest BCUT2D eigenvalue weighted by atomic mass is 19.1. The number of ether oxygens (including phenoxy) is 1. The van der Waals surface area contributed by atoms with Gasteiger partial charge in [0.25, 0.3) is 5.56 Å². The Balaban J connectivity index is 2.51. The van der Waals surface area contributed by atoms with E-state index in [0.29, 0.717) is 17.4 Å². The number of aromatic amines is 1. The number of alkyl halides is 1.